The molecule has 1 unspecified atom stereocenters. The van der Waals surface area contributed by atoms with Crippen molar-refractivity contribution in [3.63, 3.8) is 0 Å². The number of nitrogens with one attached hydrogen (secondary N) is 1. The summed E-state index contributed by atoms with van der Waals surface area (Å²) in [5.41, 5.74) is 1.51. The number of halogens is 2. The molecule has 1 amide bonds. The second-order valence-corrected chi connectivity index (χ2v) is 9.08. The van der Waals surface area contributed by atoms with Crippen molar-refractivity contribution in [1.29, 1.82) is 0 Å². The minimum atomic E-state index is -0.511. The molecule has 1 atom stereocenters. The number of carbonyl (C=O) groups excluding carboxylic acids is 2. The zero-order valence-electron chi connectivity index (χ0n) is 17.3. The summed E-state index contributed by atoms with van der Waals surface area (Å²) in [4.78, 5) is 24.3. The van der Waals surface area contributed by atoms with Gasteiger partial charge in [-0.3, -0.25) is 14.2 Å². The summed E-state index contributed by atoms with van der Waals surface area (Å²) in [6, 6.07) is 14.2. The average molecular weight is 477 g/mol. The Morgan fingerprint density at radius 3 is 2.42 bits per heavy atom. The van der Waals surface area contributed by atoms with Gasteiger partial charge in [-0.2, -0.15) is 0 Å². The van der Waals surface area contributed by atoms with E-state index in [2.05, 4.69) is 15.5 Å². The highest BCUT2D eigenvalue weighted by atomic mass is 35.5. The molecule has 0 bridgehead atoms. The maximum Gasteiger partial charge on any atom is 0.231 e. The van der Waals surface area contributed by atoms with Gasteiger partial charge in [-0.15, -0.1) is 10.2 Å². The lowest BCUT2D eigenvalue weighted by Crippen LogP contribution is -2.44. The Labute approximate surface area is 195 Å². The molecule has 0 saturated heterocycles. The van der Waals surface area contributed by atoms with Gasteiger partial charge in [-0.25, -0.2) is 0 Å². The van der Waals surface area contributed by atoms with Gasteiger partial charge in [0.2, 0.25) is 5.91 Å². The number of carbonyl (C=O) groups is 2. The molecule has 1 heterocycles. The van der Waals surface area contributed by atoms with Gasteiger partial charge in [0.25, 0.3) is 0 Å². The van der Waals surface area contributed by atoms with Crippen LogP contribution >= 0.6 is 35.0 Å². The molecule has 2 aromatic carbocycles. The van der Waals surface area contributed by atoms with Gasteiger partial charge >= 0.3 is 0 Å². The number of benzene rings is 2. The van der Waals surface area contributed by atoms with Crippen molar-refractivity contribution in [2.45, 2.75) is 32.0 Å². The average Bonchev–Trinajstić information content (AvgIpc) is 3.14. The Morgan fingerprint density at radius 1 is 1.10 bits per heavy atom. The smallest absolute Gasteiger partial charge is 0.231 e. The third kappa shape index (κ3) is 5.67. The number of Topliss-reactive ketones (excluding diaryl/α,β-unsaturated/α-hetero) is 1. The summed E-state index contributed by atoms with van der Waals surface area (Å²) in [6.45, 7) is 5.27. The van der Waals surface area contributed by atoms with E-state index < -0.39 is 6.04 Å². The number of amides is 1. The SMILES string of the molecule is CC(=O)C(NC(=O)CSc1nnc(-c2ccc(Cl)cc2Cl)n1-c1ccccc1)C(C)C. The van der Waals surface area contributed by atoms with E-state index in [4.69, 9.17) is 23.2 Å². The van der Waals surface area contributed by atoms with E-state index in [1.54, 1.807) is 18.2 Å². The monoisotopic (exact) mass is 476 g/mol. The lowest BCUT2D eigenvalue weighted by molar-refractivity contribution is -0.126. The first-order chi connectivity index (χ1) is 14.8. The van der Waals surface area contributed by atoms with Gasteiger partial charge in [-0.05, 0) is 43.2 Å². The fraction of sp³-hybridized carbons (Fsp3) is 0.273. The van der Waals surface area contributed by atoms with Crippen molar-refractivity contribution >= 4 is 46.7 Å². The van der Waals surface area contributed by atoms with Crippen molar-refractivity contribution in [3.8, 4) is 17.1 Å². The van der Waals surface area contributed by atoms with Crippen molar-refractivity contribution in [2.75, 3.05) is 5.75 Å². The highest BCUT2D eigenvalue weighted by Crippen LogP contribution is 2.33. The second kappa shape index (κ2) is 10.3. The Bertz CT molecular complexity index is 1090. The first kappa shape index (κ1) is 23.3. The number of hydrogen-bond donors (Lipinski definition) is 1. The van der Waals surface area contributed by atoms with Crippen LogP contribution in [0.2, 0.25) is 10.0 Å². The summed E-state index contributed by atoms with van der Waals surface area (Å²) in [7, 11) is 0. The first-order valence-electron chi connectivity index (χ1n) is 9.66. The molecular weight excluding hydrogens is 455 g/mol. The minimum Gasteiger partial charge on any atom is -0.345 e. The molecule has 1 N–H and O–H groups in total. The number of nitrogens with zero attached hydrogens (tertiary/aromatic N) is 3. The molecule has 0 aliphatic rings. The molecule has 3 aromatic rings. The second-order valence-electron chi connectivity index (χ2n) is 7.29. The Morgan fingerprint density at radius 2 is 1.81 bits per heavy atom. The summed E-state index contributed by atoms with van der Waals surface area (Å²) in [5.74, 6) is 0.334. The molecule has 1 aromatic heterocycles. The Balaban J connectivity index is 1.90. The molecule has 0 spiro atoms. The standard InChI is InChI=1S/C22H22Cl2N4O2S/c1-13(2)20(14(3)29)25-19(30)12-31-22-27-26-21(17-10-9-15(23)11-18(17)24)28(22)16-7-5-4-6-8-16/h4-11,13,20H,12H2,1-3H3,(H,25,30). The van der Waals surface area contributed by atoms with E-state index in [1.807, 2.05) is 48.7 Å². The van der Waals surface area contributed by atoms with Gasteiger partial charge in [0.15, 0.2) is 16.8 Å². The van der Waals surface area contributed by atoms with E-state index in [0.717, 1.165) is 5.69 Å². The van der Waals surface area contributed by atoms with Crippen LogP contribution in [-0.4, -0.2) is 38.2 Å². The Hall–Kier alpha value is -2.35. The van der Waals surface area contributed by atoms with E-state index in [-0.39, 0.29) is 23.4 Å². The van der Waals surface area contributed by atoms with E-state index in [9.17, 15) is 9.59 Å². The van der Waals surface area contributed by atoms with Crippen LogP contribution in [0.1, 0.15) is 20.8 Å². The van der Waals surface area contributed by atoms with Crippen LogP contribution in [0.5, 0.6) is 0 Å². The molecule has 0 aliphatic carbocycles. The lowest BCUT2D eigenvalue weighted by atomic mass is 10.0. The zero-order chi connectivity index (χ0) is 22.5. The van der Waals surface area contributed by atoms with Crippen LogP contribution in [0, 0.1) is 5.92 Å². The number of ketones is 1. The lowest BCUT2D eigenvalue weighted by Gasteiger charge is -2.19. The summed E-state index contributed by atoms with van der Waals surface area (Å²) >= 11 is 13.7. The molecule has 0 saturated carbocycles. The fourth-order valence-corrected chi connectivity index (χ4v) is 4.36. The number of hydrogen-bond acceptors (Lipinski definition) is 5. The third-order valence-corrected chi connectivity index (χ3v) is 6.05. The van der Waals surface area contributed by atoms with Crippen molar-refractivity contribution in [3.05, 3.63) is 58.6 Å². The molecule has 162 valence electrons. The molecule has 0 radical (unpaired) electrons. The minimum absolute atomic E-state index is 0.0121. The number of thioether (sulfide) groups is 1. The van der Waals surface area contributed by atoms with Gasteiger partial charge in [0.05, 0.1) is 16.8 Å². The molecule has 9 heteroatoms. The number of rotatable bonds is 8. The van der Waals surface area contributed by atoms with Crippen LogP contribution < -0.4 is 5.32 Å². The molecule has 0 fully saturated rings. The maximum absolute atomic E-state index is 12.5. The topological polar surface area (TPSA) is 76.9 Å². The summed E-state index contributed by atoms with van der Waals surface area (Å²) in [5, 5.41) is 12.9. The van der Waals surface area contributed by atoms with E-state index in [1.165, 1.54) is 18.7 Å². The third-order valence-electron chi connectivity index (χ3n) is 4.57. The van der Waals surface area contributed by atoms with Crippen LogP contribution in [0.3, 0.4) is 0 Å². The van der Waals surface area contributed by atoms with Gasteiger partial charge in [0.1, 0.15) is 0 Å². The largest absolute Gasteiger partial charge is 0.345 e. The van der Waals surface area contributed by atoms with Gasteiger partial charge < -0.3 is 5.32 Å². The van der Waals surface area contributed by atoms with Crippen molar-refractivity contribution in [2.24, 2.45) is 5.92 Å². The maximum atomic E-state index is 12.5. The molecular formula is C22H22Cl2N4O2S. The van der Waals surface area contributed by atoms with Crippen LogP contribution in [0.4, 0.5) is 0 Å². The first-order valence-corrected chi connectivity index (χ1v) is 11.4. The quantitative estimate of drug-likeness (QED) is 0.459. The summed E-state index contributed by atoms with van der Waals surface area (Å²) < 4.78 is 1.85. The highest BCUT2D eigenvalue weighted by Gasteiger charge is 2.22. The molecule has 6 nitrogen and oxygen atoms in total. The zero-order valence-corrected chi connectivity index (χ0v) is 19.6. The van der Waals surface area contributed by atoms with E-state index in [0.29, 0.717) is 26.6 Å². The van der Waals surface area contributed by atoms with Gasteiger partial charge in [-0.1, -0.05) is 67.0 Å². The number of aromatic nitrogens is 3. The summed E-state index contributed by atoms with van der Waals surface area (Å²) in [6.07, 6.45) is 0. The van der Waals surface area contributed by atoms with Crippen molar-refractivity contribution < 1.29 is 9.59 Å². The van der Waals surface area contributed by atoms with Crippen molar-refractivity contribution in [1.82, 2.24) is 20.1 Å². The fourth-order valence-electron chi connectivity index (χ4n) is 3.10. The van der Waals surface area contributed by atoms with Crippen LogP contribution in [0.15, 0.2) is 53.7 Å². The Kier molecular flexibility index (Phi) is 7.75. The van der Waals surface area contributed by atoms with Crippen LogP contribution in [-0.2, 0) is 9.59 Å². The highest BCUT2D eigenvalue weighted by molar-refractivity contribution is 7.99. The number of para-hydroxylation sites is 1. The molecule has 0 aliphatic heterocycles. The van der Waals surface area contributed by atoms with Gasteiger partial charge in [0, 0.05) is 16.3 Å². The van der Waals surface area contributed by atoms with E-state index >= 15 is 0 Å². The predicted octanol–water partition coefficient (Wildman–Crippen LogP) is 5.06. The molecule has 31 heavy (non-hydrogen) atoms. The molecule has 3 rings (SSSR count). The predicted molar refractivity (Wildman–Crippen MR) is 125 cm³/mol. The normalized spacial score (nSPS) is 12.1. The van der Waals surface area contributed by atoms with Crippen LogP contribution in [0.25, 0.3) is 17.1 Å².